The summed E-state index contributed by atoms with van der Waals surface area (Å²) in [5, 5.41) is 8.89. The average Bonchev–Trinajstić information content (AvgIpc) is 2.77. The molecule has 1 unspecified atom stereocenters. The minimum atomic E-state index is -0.894. The Kier molecular flexibility index (Phi) is 3.31. The summed E-state index contributed by atoms with van der Waals surface area (Å²) < 4.78 is 1.90. The molecule has 0 aliphatic carbocycles. The number of aromatic nitrogens is 2. The number of aliphatic hydroxyl groups is 1. The van der Waals surface area contributed by atoms with Crippen LogP contribution in [0.25, 0.3) is 11.0 Å². The second-order valence-corrected chi connectivity index (χ2v) is 4.21. The second kappa shape index (κ2) is 4.75. The van der Waals surface area contributed by atoms with E-state index >= 15 is 0 Å². The zero-order chi connectivity index (χ0) is 13.3. The summed E-state index contributed by atoms with van der Waals surface area (Å²) in [6.07, 6.45) is 1.72. The number of likely N-dealkylation sites (N-methyl/N-ethyl adjacent to an activating group) is 1. The van der Waals surface area contributed by atoms with Crippen LogP contribution < -0.4 is 10.6 Å². The lowest BCUT2D eigenvalue weighted by Crippen LogP contribution is -2.44. The van der Waals surface area contributed by atoms with Gasteiger partial charge >= 0.3 is 0 Å². The van der Waals surface area contributed by atoms with Gasteiger partial charge in [-0.3, -0.25) is 4.79 Å². The second-order valence-electron chi connectivity index (χ2n) is 4.21. The summed E-state index contributed by atoms with van der Waals surface area (Å²) in [7, 11) is 3.54. The van der Waals surface area contributed by atoms with Crippen molar-refractivity contribution in [3.05, 3.63) is 24.5 Å². The Morgan fingerprint density at radius 2 is 2.33 bits per heavy atom. The van der Waals surface area contributed by atoms with Crippen LogP contribution in [-0.4, -0.2) is 40.3 Å². The van der Waals surface area contributed by atoms with Gasteiger partial charge < -0.3 is 20.3 Å². The Balaban J connectivity index is 2.33. The SMILES string of the molecule is CN(C(=O)C(N)CO)c1ccc2c(c1)ncn2C. The highest BCUT2D eigenvalue weighted by Gasteiger charge is 2.18. The number of fused-ring (bicyclic) bond motifs is 1. The number of carbonyl (C=O) groups is 1. The number of benzene rings is 1. The standard InChI is InChI=1S/C12H16N4O2/c1-15-7-14-10-5-8(3-4-11(10)15)16(2)12(18)9(13)6-17/h3-5,7,9,17H,6,13H2,1-2H3. The lowest BCUT2D eigenvalue weighted by Gasteiger charge is -2.20. The number of anilines is 1. The molecule has 0 aliphatic heterocycles. The maximum absolute atomic E-state index is 11.8. The van der Waals surface area contributed by atoms with Gasteiger partial charge in [-0.1, -0.05) is 0 Å². The molecule has 1 aromatic carbocycles. The van der Waals surface area contributed by atoms with Crippen molar-refractivity contribution in [1.29, 1.82) is 0 Å². The Morgan fingerprint density at radius 1 is 1.61 bits per heavy atom. The maximum Gasteiger partial charge on any atom is 0.246 e. The summed E-state index contributed by atoms with van der Waals surface area (Å²) in [4.78, 5) is 17.5. The van der Waals surface area contributed by atoms with Crippen molar-refractivity contribution >= 4 is 22.6 Å². The molecule has 0 bridgehead atoms. The third kappa shape index (κ3) is 2.07. The molecule has 0 spiro atoms. The van der Waals surface area contributed by atoms with Crippen LogP contribution in [0.2, 0.25) is 0 Å². The number of imidazole rings is 1. The van der Waals surface area contributed by atoms with Gasteiger partial charge in [-0.2, -0.15) is 0 Å². The van der Waals surface area contributed by atoms with E-state index in [0.29, 0.717) is 5.69 Å². The van der Waals surface area contributed by atoms with E-state index in [-0.39, 0.29) is 12.5 Å². The monoisotopic (exact) mass is 248 g/mol. The summed E-state index contributed by atoms with van der Waals surface area (Å²) in [6.45, 7) is -0.366. The first-order valence-electron chi connectivity index (χ1n) is 5.59. The molecule has 1 heterocycles. The van der Waals surface area contributed by atoms with Gasteiger partial charge in [-0.15, -0.1) is 0 Å². The summed E-state index contributed by atoms with van der Waals surface area (Å²) in [5.74, 6) is -0.326. The van der Waals surface area contributed by atoms with Crippen molar-refractivity contribution in [2.24, 2.45) is 12.8 Å². The third-order valence-corrected chi connectivity index (χ3v) is 2.94. The van der Waals surface area contributed by atoms with E-state index in [1.807, 2.05) is 29.8 Å². The summed E-state index contributed by atoms with van der Waals surface area (Å²) >= 11 is 0. The van der Waals surface area contributed by atoms with Gasteiger partial charge in [0.05, 0.1) is 24.0 Å². The molecular weight excluding hydrogens is 232 g/mol. The number of aryl methyl sites for hydroxylation is 1. The molecular formula is C12H16N4O2. The van der Waals surface area contributed by atoms with Gasteiger partial charge in [0.15, 0.2) is 0 Å². The molecule has 1 aromatic heterocycles. The van der Waals surface area contributed by atoms with Crippen LogP contribution in [-0.2, 0) is 11.8 Å². The number of hydrogen-bond donors (Lipinski definition) is 2. The number of hydrogen-bond acceptors (Lipinski definition) is 4. The van der Waals surface area contributed by atoms with Gasteiger partial charge in [0.2, 0.25) is 5.91 Å². The zero-order valence-electron chi connectivity index (χ0n) is 10.4. The van der Waals surface area contributed by atoms with Crippen LogP contribution >= 0.6 is 0 Å². The van der Waals surface area contributed by atoms with E-state index in [2.05, 4.69) is 4.98 Å². The molecule has 6 nitrogen and oxygen atoms in total. The van der Waals surface area contributed by atoms with E-state index < -0.39 is 6.04 Å². The minimum absolute atomic E-state index is 0.326. The van der Waals surface area contributed by atoms with E-state index in [9.17, 15) is 4.79 Å². The van der Waals surface area contributed by atoms with Gasteiger partial charge in [0.25, 0.3) is 0 Å². The third-order valence-electron chi connectivity index (χ3n) is 2.94. The van der Waals surface area contributed by atoms with Gasteiger partial charge in [-0.05, 0) is 18.2 Å². The van der Waals surface area contributed by atoms with Crippen LogP contribution in [0, 0.1) is 0 Å². The van der Waals surface area contributed by atoms with Crippen LogP contribution in [0.15, 0.2) is 24.5 Å². The van der Waals surface area contributed by atoms with E-state index in [1.54, 1.807) is 13.4 Å². The van der Waals surface area contributed by atoms with Crippen LogP contribution in [0.3, 0.4) is 0 Å². The number of nitrogens with zero attached hydrogens (tertiary/aromatic N) is 3. The maximum atomic E-state index is 11.8. The lowest BCUT2D eigenvalue weighted by molar-refractivity contribution is -0.120. The molecule has 2 aromatic rings. The predicted octanol–water partition coefficient (Wildman–Crippen LogP) is -0.144. The van der Waals surface area contributed by atoms with Gasteiger partial charge in [0, 0.05) is 19.8 Å². The highest BCUT2D eigenvalue weighted by molar-refractivity contribution is 5.98. The Morgan fingerprint density at radius 3 is 3.00 bits per heavy atom. The first-order chi connectivity index (χ1) is 8.54. The number of amides is 1. The topological polar surface area (TPSA) is 84.4 Å². The van der Waals surface area contributed by atoms with Crippen molar-refractivity contribution in [1.82, 2.24) is 9.55 Å². The molecule has 1 amide bonds. The molecule has 0 saturated carbocycles. The first kappa shape index (κ1) is 12.5. The Bertz CT molecular complexity index is 578. The summed E-state index contributed by atoms with van der Waals surface area (Å²) in [5.41, 5.74) is 8.02. The quantitative estimate of drug-likeness (QED) is 0.791. The molecule has 0 saturated heterocycles. The average molecular weight is 248 g/mol. The number of aliphatic hydroxyl groups excluding tert-OH is 1. The molecule has 0 aliphatic rings. The van der Waals surface area contributed by atoms with Crippen LogP contribution in [0.4, 0.5) is 5.69 Å². The number of nitrogens with two attached hydrogens (primary N) is 1. The van der Waals surface area contributed by atoms with Crippen LogP contribution in [0.5, 0.6) is 0 Å². The molecule has 1 atom stereocenters. The van der Waals surface area contributed by atoms with Crippen molar-refractivity contribution in [2.75, 3.05) is 18.6 Å². The van der Waals surface area contributed by atoms with Crippen molar-refractivity contribution < 1.29 is 9.90 Å². The number of rotatable bonds is 3. The Labute approximate surface area is 105 Å². The highest BCUT2D eigenvalue weighted by Crippen LogP contribution is 2.20. The predicted molar refractivity (Wildman–Crippen MR) is 69.2 cm³/mol. The molecule has 3 N–H and O–H groups in total. The van der Waals surface area contributed by atoms with Gasteiger partial charge in [-0.25, -0.2) is 4.98 Å². The normalized spacial score (nSPS) is 12.7. The highest BCUT2D eigenvalue weighted by atomic mass is 16.3. The number of carbonyl (C=O) groups excluding carboxylic acids is 1. The molecule has 0 fully saturated rings. The Hall–Kier alpha value is -1.92. The smallest absolute Gasteiger partial charge is 0.246 e. The largest absolute Gasteiger partial charge is 0.394 e. The van der Waals surface area contributed by atoms with E-state index in [1.165, 1.54) is 4.90 Å². The van der Waals surface area contributed by atoms with Crippen LogP contribution in [0.1, 0.15) is 0 Å². The van der Waals surface area contributed by atoms with Crippen molar-refractivity contribution in [2.45, 2.75) is 6.04 Å². The molecule has 2 rings (SSSR count). The lowest BCUT2D eigenvalue weighted by atomic mass is 10.2. The zero-order valence-corrected chi connectivity index (χ0v) is 10.4. The summed E-state index contributed by atoms with van der Waals surface area (Å²) in [6, 6.07) is 4.64. The molecule has 18 heavy (non-hydrogen) atoms. The van der Waals surface area contributed by atoms with E-state index in [0.717, 1.165) is 11.0 Å². The fourth-order valence-corrected chi connectivity index (χ4v) is 1.79. The fourth-order valence-electron chi connectivity index (χ4n) is 1.79. The molecule has 96 valence electrons. The van der Waals surface area contributed by atoms with Crippen molar-refractivity contribution in [3.63, 3.8) is 0 Å². The molecule has 0 radical (unpaired) electrons. The van der Waals surface area contributed by atoms with Gasteiger partial charge in [0.1, 0.15) is 6.04 Å². The fraction of sp³-hybridized carbons (Fsp3) is 0.333. The van der Waals surface area contributed by atoms with Crippen molar-refractivity contribution in [3.8, 4) is 0 Å². The van der Waals surface area contributed by atoms with E-state index in [4.69, 9.17) is 10.8 Å². The first-order valence-corrected chi connectivity index (χ1v) is 5.59. The minimum Gasteiger partial charge on any atom is -0.394 e. The molecule has 6 heteroatoms.